The number of hydrogen-bond acceptors (Lipinski definition) is 3. The van der Waals surface area contributed by atoms with Crippen molar-refractivity contribution in [3.63, 3.8) is 0 Å². The Morgan fingerprint density at radius 2 is 2.24 bits per heavy atom. The van der Waals surface area contributed by atoms with Gasteiger partial charge in [-0.15, -0.1) is 0 Å². The molecule has 1 aliphatic heterocycles. The molecule has 0 radical (unpaired) electrons. The average molecular weight is 232 g/mol. The Balaban J connectivity index is 2.28. The van der Waals surface area contributed by atoms with E-state index in [4.69, 9.17) is 0 Å². The zero-order valence-corrected chi connectivity index (χ0v) is 10.6. The van der Waals surface area contributed by atoms with E-state index >= 15 is 0 Å². The van der Waals surface area contributed by atoms with Crippen LogP contribution in [0.2, 0.25) is 0 Å². The van der Waals surface area contributed by atoms with Gasteiger partial charge in [-0.3, -0.25) is 4.79 Å². The van der Waals surface area contributed by atoms with Crippen molar-refractivity contribution in [1.82, 2.24) is 4.98 Å². The van der Waals surface area contributed by atoms with E-state index in [9.17, 15) is 4.79 Å². The van der Waals surface area contributed by atoms with Gasteiger partial charge in [0.15, 0.2) is 5.78 Å². The van der Waals surface area contributed by atoms with E-state index in [1.54, 1.807) is 6.20 Å². The maximum atomic E-state index is 12.0. The van der Waals surface area contributed by atoms with Crippen LogP contribution in [-0.4, -0.2) is 22.9 Å². The third kappa shape index (κ3) is 2.33. The predicted octanol–water partition coefficient (Wildman–Crippen LogP) is 2.81. The van der Waals surface area contributed by atoms with Crippen LogP contribution in [0.25, 0.3) is 0 Å². The number of ketones is 1. The number of nitrogens with zero attached hydrogens (tertiary/aromatic N) is 2. The molecule has 17 heavy (non-hydrogen) atoms. The third-order valence-corrected chi connectivity index (χ3v) is 3.61. The van der Waals surface area contributed by atoms with Gasteiger partial charge in [0.1, 0.15) is 5.82 Å². The quantitative estimate of drug-likeness (QED) is 0.800. The number of carbonyl (C=O) groups is 1. The van der Waals surface area contributed by atoms with Crippen molar-refractivity contribution in [2.24, 2.45) is 0 Å². The van der Waals surface area contributed by atoms with Gasteiger partial charge >= 0.3 is 0 Å². The normalized spacial score (nSPS) is 24.0. The molecule has 92 valence electrons. The Hall–Kier alpha value is -1.38. The molecule has 1 saturated heterocycles. The van der Waals surface area contributed by atoms with Crippen molar-refractivity contribution >= 4 is 11.6 Å². The zero-order chi connectivity index (χ0) is 12.3. The van der Waals surface area contributed by atoms with E-state index in [1.165, 1.54) is 0 Å². The highest BCUT2D eigenvalue weighted by atomic mass is 16.1. The summed E-state index contributed by atoms with van der Waals surface area (Å²) in [4.78, 5) is 18.6. The summed E-state index contributed by atoms with van der Waals surface area (Å²) in [5.74, 6) is 1.29. The van der Waals surface area contributed by atoms with Crippen molar-refractivity contribution < 1.29 is 4.79 Å². The molecule has 0 amide bonds. The predicted molar refractivity (Wildman–Crippen MR) is 69.1 cm³/mol. The van der Waals surface area contributed by atoms with Crippen LogP contribution in [0.5, 0.6) is 0 Å². The van der Waals surface area contributed by atoms with Crippen LogP contribution in [0.15, 0.2) is 24.4 Å². The SMILES string of the molecule is CCC(=O)C1CCC(CC)N1c1ccccn1. The lowest BCUT2D eigenvalue weighted by molar-refractivity contribution is -0.119. The first-order valence-corrected chi connectivity index (χ1v) is 6.50. The zero-order valence-electron chi connectivity index (χ0n) is 10.6. The minimum atomic E-state index is 0.0415. The van der Waals surface area contributed by atoms with Crippen LogP contribution in [0.4, 0.5) is 5.82 Å². The Bertz CT molecular complexity index is 377. The summed E-state index contributed by atoms with van der Waals surface area (Å²) in [5, 5.41) is 0. The van der Waals surface area contributed by atoms with Gasteiger partial charge in [-0.25, -0.2) is 4.98 Å². The first kappa shape index (κ1) is 12.1. The van der Waals surface area contributed by atoms with E-state index in [0.29, 0.717) is 18.2 Å². The molecule has 3 nitrogen and oxygen atoms in total. The minimum absolute atomic E-state index is 0.0415. The molecule has 2 unspecified atom stereocenters. The number of aromatic nitrogens is 1. The average Bonchev–Trinajstić information content (AvgIpc) is 2.82. The van der Waals surface area contributed by atoms with Crippen molar-refractivity contribution in [3.05, 3.63) is 24.4 Å². The lowest BCUT2D eigenvalue weighted by Crippen LogP contribution is -2.41. The molecule has 0 spiro atoms. The molecule has 2 atom stereocenters. The smallest absolute Gasteiger partial charge is 0.155 e. The fraction of sp³-hybridized carbons (Fsp3) is 0.571. The number of Topliss-reactive ketones (excluding diaryl/α,β-unsaturated/α-hetero) is 1. The Morgan fingerprint density at radius 1 is 1.41 bits per heavy atom. The second-order valence-corrected chi connectivity index (χ2v) is 4.57. The maximum Gasteiger partial charge on any atom is 0.155 e. The summed E-state index contributed by atoms with van der Waals surface area (Å²) < 4.78 is 0. The molecule has 1 aliphatic rings. The Kier molecular flexibility index (Phi) is 3.77. The number of anilines is 1. The fourth-order valence-electron chi connectivity index (χ4n) is 2.69. The fourth-order valence-corrected chi connectivity index (χ4v) is 2.69. The van der Waals surface area contributed by atoms with Gasteiger partial charge in [0, 0.05) is 18.7 Å². The lowest BCUT2D eigenvalue weighted by atomic mass is 10.1. The molecule has 0 N–H and O–H groups in total. The van der Waals surface area contributed by atoms with Crippen LogP contribution in [0.1, 0.15) is 39.5 Å². The lowest BCUT2D eigenvalue weighted by Gasteiger charge is -2.30. The molecule has 3 heteroatoms. The van der Waals surface area contributed by atoms with Gasteiger partial charge in [0.25, 0.3) is 0 Å². The first-order valence-electron chi connectivity index (χ1n) is 6.50. The van der Waals surface area contributed by atoms with Crippen molar-refractivity contribution in [3.8, 4) is 0 Å². The molecule has 1 fully saturated rings. The van der Waals surface area contributed by atoms with E-state index in [0.717, 1.165) is 25.1 Å². The second kappa shape index (κ2) is 5.30. The highest BCUT2D eigenvalue weighted by Gasteiger charge is 2.36. The van der Waals surface area contributed by atoms with Gasteiger partial charge in [-0.2, -0.15) is 0 Å². The van der Waals surface area contributed by atoms with Crippen LogP contribution in [-0.2, 0) is 4.79 Å². The maximum absolute atomic E-state index is 12.0. The van der Waals surface area contributed by atoms with Crippen LogP contribution in [0, 0.1) is 0 Å². The van der Waals surface area contributed by atoms with Crippen molar-refractivity contribution in [2.45, 2.75) is 51.6 Å². The minimum Gasteiger partial charge on any atom is -0.344 e. The van der Waals surface area contributed by atoms with Gasteiger partial charge in [0.05, 0.1) is 6.04 Å². The second-order valence-electron chi connectivity index (χ2n) is 4.57. The highest BCUT2D eigenvalue weighted by molar-refractivity contribution is 5.87. The summed E-state index contributed by atoms with van der Waals surface area (Å²) in [5.41, 5.74) is 0. The molecule has 1 aromatic heterocycles. The van der Waals surface area contributed by atoms with Gasteiger partial charge < -0.3 is 4.90 Å². The van der Waals surface area contributed by atoms with E-state index in [1.807, 2.05) is 25.1 Å². The number of rotatable bonds is 4. The van der Waals surface area contributed by atoms with Gasteiger partial charge in [0.2, 0.25) is 0 Å². The van der Waals surface area contributed by atoms with Crippen LogP contribution >= 0.6 is 0 Å². The number of carbonyl (C=O) groups excluding carboxylic acids is 1. The van der Waals surface area contributed by atoms with E-state index in [2.05, 4.69) is 16.8 Å². The molecular weight excluding hydrogens is 212 g/mol. The summed E-state index contributed by atoms with van der Waals surface area (Å²) in [7, 11) is 0. The van der Waals surface area contributed by atoms with Crippen molar-refractivity contribution in [1.29, 1.82) is 0 Å². The van der Waals surface area contributed by atoms with Gasteiger partial charge in [-0.05, 0) is 31.4 Å². The standard InChI is InChI=1S/C14H20N2O/c1-3-11-8-9-12(13(17)4-2)16(11)14-7-5-6-10-15-14/h5-7,10-12H,3-4,8-9H2,1-2H3. The molecule has 0 aliphatic carbocycles. The van der Waals surface area contributed by atoms with Crippen molar-refractivity contribution in [2.75, 3.05) is 4.90 Å². The molecule has 1 aromatic rings. The largest absolute Gasteiger partial charge is 0.344 e. The number of pyridine rings is 1. The van der Waals surface area contributed by atoms with Gasteiger partial charge in [-0.1, -0.05) is 19.9 Å². The third-order valence-electron chi connectivity index (χ3n) is 3.61. The van der Waals surface area contributed by atoms with Crippen LogP contribution < -0.4 is 4.90 Å². The molecule has 2 rings (SSSR count). The molecule has 0 bridgehead atoms. The Labute approximate surface area is 103 Å². The number of hydrogen-bond donors (Lipinski definition) is 0. The Morgan fingerprint density at radius 3 is 2.82 bits per heavy atom. The summed E-state index contributed by atoms with van der Waals surface area (Å²) in [6.07, 6.45) is 5.56. The topological polar surface area (TPSA) is 33.2 Å². The summed E-state index contributed by atoms with van der Waals surface area (Å²) in [6.45, 7) is 4.12. The monoisotopic (exact) mass is 232 g/mol. The molecule has 0 saturated carbocycles. The first-order chi connectivity index (χ1) is 8.27. The van der Waals surface area contributed by atoms with E-state index < -0.39 is 0 Å². The summed E-state index contributed by atoms with van der Waals surface area (Å²) in [6, 6.07) is 6.41. The summed E-state index contributed by atoms with van der Waals surface area (Å²) >= 11 is 0. The molecule has 2 heterocycles. The highest BCUT2D eigenvalue weighted by Crippen LogP contribution is 2.31. The molecular formula is C14H20N2O. The molecule has 0 aromatic carbocycles. The van der Waals surface area contributed by atoms with E-state index in [-0.39, 0.29) is 6.04 Å². The van der Waals surface area contributed by atoms with Crippen LogP contribution in [0.3, 0.4) is 0 Å².